The van der Waals surface area contributed by atoms with Crippen LogP contribution >= 0.6 is 0 Å². The number of nitrogens with one attached hydrogen (secondary N) is 1. The highest BCUT2D eigenvalue weighted by Gasteiger charge is 2.26. The molecule has 1 heterocycles. The van der Waals surface area contributed by atoms with Gasteiger partial charge in [0.15, 0.2) is 0 Å². The SMILES string of the molecule is NCCC(=O)NCCC1CN(C2CCCCCCC2)CCO1. The zero-order valence-electron chi connectivity index (χ0n) is 13.9. The van der Waals surface area contributed by atoms with Crippen LogP contribution in [0.25, 0.3) is 0 Å². The number of hydrogen-bond acceptors (Lipinski definition) is 4. The molecule has 128 valence electrons. The van der Waals surface area contributed by atoms with Crippen molar-refractivity contribution in [3.63, 3.8) is 0 Å². The van der Waals surface area contributed by atoms with Crippen molar-refractivity contribution in [2.24, 2.45) is 5.73 Å². The normalized spacial score (nSPS) is 25.4. The zero-order chi connectivity index (χ0) is 15.6. The van der Waals surface area contributed by atoms with Crippen molar-refractivity contribution in [3.8, 4) is 0 Å². The summed E-state index contributed by atoms with van der Waals surface area (Å²) in [5.74, 6) is 0.0511. The molecule has 0 aromatic carbocycles. The van der Waals surface area contributed by atoms with Gasteiger partial charge >= 0.3 is 0 Å². The van der Waals surface area contributed by atoms with E-state index in [1.807, 2.05) is 0 Å². The summed E-state index contributed by atoms with van der Waals surface area (Å²) in [6, 6.07) is 0.749. The van der Waals surface area contributed by atoms with Crippen LogP contribution in [0.15, 0.2) is 0 Å². The Labute approximate surface area is 134 Å². The molecule has 5 nitrogen and oxygen atoms in total. The lowest BCUT2D eigenvalue weighted by molar-refractivity contribution is -0.121. The first-order valence-electron chi connectivity index (χ1n) is 9.12. The second-order valence-electron chi connectivity index (χ2n) is 6.66. The van der Waals surface area contributed by atoms with Crippen molar-refractivity contribution in [1.29, 1.82) is 0 Å². The highest BCUT2D eigenvalue weighted by Crippen LogP contribution is 2.23. The predicted molar refractivity (Wildman–Crippen MR) is 88.7 cm³/mol. The molecule has 0 aromatic rings. The van der Waals surface area contributed by atoms with E-state index in [4.69, 9.17) is 10.5 Å². The molecule has 2 fully saturated rings. The summed E-state index contributed by atoms with van der Waals surface area (Å²) in [6.07, 6.45) is 11.2. The molecule has 5 heteroatoms. The second-order valence-corrected chi connectivity index (χ2v) is 6.66. The van der Waals surface area contributed by atoms with E-state index in [1.54, 1.807) is 0 Å². The van der Waals surface area contributed by atoms with Gasteiger partial charge in [0, 0.05) is 38.6 Å². The van der Waals surface area contributed by atoms with Gasteiger partial charge in [-0.05, 0) is 19.3 Å². The molecule has 1 atom stereocenters. The topological polar surface area (TPSA) is 67.6 Å². The van der Waals surface area contributed by atoms with Gasteiger partial charge in [0.05, 0.1) is 12.7 Å². The molecule has 0 aromatic heterocycles. The van der Waals surface area contributed by atoms with Gasteiger partial charge in [-0.2, -0.15) is 0 Å². The Bertz CT molecular complexity index is 317. The van der Waals surface area contributed by atoms with Gasteiger partial charge in [-0.15, -0.1) is 0 Å². The molecule has 1 amide bonds. The van der Waals surface area contributed by atoms with Gasteiger partial charge in [-0.25, -0.2) is 0 Å². The standard InChI is InChI=1S/C17H33N3O2/c18-10-8-17(21)19-11-9-16-14-20(12-13-22-16)15-6-4-2-1-3-5-7-15/h15-16H,1-14,18H2,(H,19,21). The van der Waals surface area contributed by atoms with Gasteiger partial charge in [0.2, 0.25) is 5.91 Å². The molecule has 2 rings (SSSR count). The van der Waals surface area contributed by atoms with Crippen molar-refractivity contribution >= 4 is 5.91 Å². The summed E-state index contributed by atoms with van der Waals surface area (Å²) in [5.41, 5.74) is 5.38. The third-order valence-electron chi connectivity index (χ3n) is 4.92. The lowest BCUT2D eigenvalue weighted by Crippen LogP contribution is -2.48. The third kappa shape index (κ3) is 6.23. The maximum atomic E-state index is 11.4. The monoisotopic (exact) mass is 311 g/mol. The quantitative estimate of drug-likeness (QED) is 0.783. The highest BCUT2D eigenvalue weighted by molar-refractivity contribution is 5.75. The molecular formula is C17H33N3O2. The van der Waals surface area contributed by atoms with Crippen LogP contribution in [-0.4, -0.2) is 55.7 Å². The van der Waals surface area contributed by atoms with Crippen LogP contribution in [0.1, 0.15) is 57.8 Å². The van der Waals surface area contributed by atoms with E-state index < -0.39 is 0 Å². The van der Waals surface area contributed by atoms with Crippen LogP contribution in [0.4, 0.5) is 0 Å². The highest BCUT2D eigenvalue weighted by atomic mass is 16.5. The Morgan fingerprint density at radius 2 is 1.91 bits per heavy atom. The summed E-state index contributed by atoms with van der Waals surface area (Å²) in [4.78, 5) is 14.1. The molecule has 22 heavy (non-hydrogen) atoms. The number of carbonyl (C=O) groups is 1. The van der Waals surface area contributed by atoms with E-state index in [-0.39, 0.29) is 12.0 Å². The summed E-state index contributed by atoms with van der Waals surface area (Å²) in [6.45, 7) is 4.04. The molecular weight excluding hydrogens is 278 g/mol. The van der Waals surface area contributed by atoms with Gasteiger partial charge in [0.25, 0.3) is 0 Å². The van der Waals surface area contributed by atoms with Crippen LogP contribution in [0.3, 0.4) is 0 Å². The number of hydrogen-bond donors (Lipinski definition) is 2. The van der Waals surface area contributed by atoms with Crippen molar-refractivity contribution in [3.05, 3.63) is 0 Å². The van der Waals surface area contributed by atoms with Gasteiger partial charge < -0.3 is 15.8 Å². The molecule has 0 bridgehead atoms. The largest absolute Gasteiger partial charge is 0.375 e. The second kappa shape index (κ2) is 10.2. The van der Waals surface area contributed by atoms with Gasteiger partial charge in [-0.3, -0.25) is 9.69 Å². The number of rotatable bonds is 6. The van der Waals surface area contributed by atoms with Crippen LogP contribution in [-0.2, 0) is 9.53 Å². The Hall–Kier alpha value is -0.650. The van der Waals surface area contributed by atoms with E-state index in [1.165, 1.54) is 44.9 Å². The van der Waals surface area contributed by atoms with Crippen LogP contribution in [0.2, 0.25) is 0 Å². The van der Waals surface area contributed by atoms with E-state index in [0.717, 1.165) is 32.2 Å². The summed E-state index contributed by atoms with van der Waals surface area (Å²) in [5, 5.41) is 2.93. The fourth-order valence-electron chi connectivity index (χ4n) is 3.64. The van der Waals surface area contributed by atoms with Gasteiger partial charge in [0.1, 0.15) is 0 Å². The molecule has 1 saturated heterocycles. The number of nitrogens with zero attached hydrogens (tertiary/aromatic N) is 1. The fourth-order valence-corrected chi connectivity index (χ4v) is 3.64. The average molecular weight is 311 g/mol. The van der Waals surface area contributed by atoms with Crippen molar-refractivity contribution in [2.75, 3.05) is 32.8 Å². The first-order chi connectivity index (χ1) is 10.8. The van der Waals surface area contributed by atoms with E-state index in [9.17, 15) is 4.79 Å². The van der Waals surface area contributed by atoms with E-state index >= 15 is 0 Å². The molecule has 0 radical (unpaired) electrons. The summed E-state index contributed by atoms with van der Waals surface area (Å²) >= 11 is 0. The minimum absolute atomic E-state index is 0.0511. The van der Waals surface area contributed by atoms with Crippen LogP contribution in [0, 0.1) is 0 Å². The third-order valence-corrected chi connectivity index (χ3v) is 4.92. The lowest BCUT2D eigenvalue weighted by Gasteiger charge is -2.39. The maximum Gasteiger partial charge on any atom is 0.221 e. The number of carbonyl (C=O) groups excluding carboxylic acids is 1. The number of amides is 1. The van der Waals surface area contributed by atoms with Crippen LogP contribution in [0.5, 0.6) is 0 Å². The Morgan fingerprint density at radius 1 is 1.18 bits per heavy atom. The molecule has 0 spiro atoms. The Balaban J connectivity index is 1.70. The van der Waals surface area contributed by atoms with Crippen LogP contribution < -0.4 is 11.1 Å². The zero-order valence-corrected chi connectivity index (χ0v) is 13.9. The minimum atomic E-state index is 0.0511. The van der Waals surface area contributed by atoms with Crippen molar-refractivity contribution in [2.45, 2.75) is 69.9 Å². The van der Waals surface area contributed by atoms with E-state index in [0.29, 0.717) is 19.5 Å². The first-order valence-corrected chi connectivity index (χ1v) is 9.12. The Kier molecular flexibility index (Phi) is 8.20. The summed E-state index contributed by atoms with van der Waals surface area (Å²) < 4.78 is 5.88. The fraction of sp³-hybridized carbons (Fsp3) is 0.941. The molecule has 3 N–H and O–H groups in total. The number of nitrogens with two attached hydrogens (primary N) is 1. The Morgan fingerprint density at radius 3 is 2.64 bits per heavy atom. The number of morpholine rings is 1. The minimum Gasteiger partial charge on any atom is -0.375 e. The van der Waals surface area contributed by atoms with Crippen molar-refractivity contribution in [1.82, 2.24) is 10.2 Å². The smallest absolute Gasteiger partial charge is 0.221 e. The molecule has 1 aliphatic carbocycles. The van der Waals surface area contributed by atoms with E-state index in [2.05, 4.69) is 10.2 Å². The molecule has 1 aliphatic heterocycles. The maximum absolute atomic E-state index is 11.4. The first kappa shape index (κ1) is 17.7. The predicted octanol–water partition coefficient (Wildman–Crippen LogP) is 1.66. The molecule has 1 unspecified atom stereocenters. The van der Waals surface area contributed by atoms with Gasteiger partial charge in [-0.1, -0.05) is 32.1 Å². The lowest BCUT2D eigenvalue weighted by atomic mass is 9.95. The molecule has 2 aliphatic rings. The van der Waals surface area contributed by atoms with Crippen molar-refractivity contribution < 1.29 is 9.53 Å². The average Bonchev–Trinajstić information content (AvgIpc) is 2.47. The summed E-state index contributed by atoms with van der Waals surface area (Å²) in [7, 11) is 0. The number of ether oxygens (including phenoxy) is 1. The molecule has 1 saturated carbocycles.